The normalized spacial score (nSPS) is 16.1. The highest BCUT2D eigenvalue weighted by Gasteiger charge is 2.33. The van der Waals surface area contributed by atoms with E-state index in [1.54, 1.807) is 0 Å². The number of rotatable bonds is 6. The predicted molar refractivity (Wildman–Crippen MR) is 94.9 cm³/mol. The van der Waals surface area contributed by atoms with E-state index in [0.29, 0.717) is 6.42 Å². The summed E-state index contributed by atoms with van der Waals surface area (Å²) in [4.78, 5) is 27.6. The topological polar surface area (TPSA) is 84.2 Å². The summed E-state index contributed by atoms with van der Waals surface area (Å²) in [6, 6.07) is 2.80. The number of halogens is 3. The van der Waals surface area contributed by atoms with Crippen molar-refractivity contribution in [2.75, 3.05) is 5.32 Å². The number of nitrogens with zero attached hydrogens (tertiary/aromatic N) is 2. The second-order valence-electron chi connectivity index (χ2n) is 6.97. The van der Waals surface area contributed by atoms with Crippen LogP contribution in [0.2, 0.25) is 0 Å². The average molecular weight is 395 g/mol. The molecule has 1 atom stereocenters. The molecule has 0 aliphatic heterocycles. The summed E-state index contributed by atoms with van der Waals surface area (Å²) in [5, 5.41) is 11.5. The maximum Gasteiger partial charge on any atom is 0.417 e. The van der Waals surface area contributed by atoms with Gasteiger partial charge in [-0.25, -0.2) is 9.78 Å². The minimum Gasteiger partial charge on any atom is -0.478 e. The summed E-state index contributed by atoms with van der Waals surface area (Å²) in [6.45, 7) is 0. The number of anilines is 1. The second-order valence-corrected chi connectivity index (χ2v) is 6.97. The van der Waals surface area contributed by atoms with E-state index >= 15 is 0 Å². The Morgan fingerprint density at radius 3 is 2.50 bits per heavy atom. The van der Waals surface area contributed by atoms with E-state index in [9.17, 15) is 22.8 Å². The zero-order valence-corrected chi connectivity index (χ0v) is 14.9. The zero-order chi connectivity index (χ0) is 20.3. The maximum atomic E-state index is 12.9. The number of hydrogen-bond acceptors (Lipinski definition) is 3. The van der Waals surface area contributed by atoms with Crippen molar-refractivity contribution in [2.24, 2.45) is 5.92 Å². The minimum atomic E-state index is -4.48. The van der Waals surface area contributed by atoms with Gasteiger partial charge in [0.1, 0.15) is 11.9 Å². The van der Waals surface area contributed by atoms with Gasteiger partial charge in [0.2, 0.25) is 5.91 Å². The van der Waals surface area contributed by atoms with Gasteiger partial charge in [0.25, 0.3) is 0 Å². The van der Waals surface area contributed by atoms with Crippen LogP contribution in [0, 0.1) is 5.92 Å². The van der Waals surface area contributed by atoms with Crippen molar-refractivity contribution >= 4 is 17.7 Å². The molecule has 1 aliphatic rings. The first-order valence-electron chi connectivity index (χ1n) is 8.99. The highest BCUT2D eigenvalue weighted by molar-refractivity contribution is 5.93. The fourth-order valence-corrected chi connectivity index (χ4v) is 3.50. The maximum absolute atomic E-state index is 12.9. The Morgan fingerprint density at radius 2 is 1.96 bits per heavy atom. The Kier molecular flexibility index (Phi) is 5.71. The molecular weight excluding hydrogens is 375 g/mol. The highest BCUT2D eigenvalue weighted by atomic mass is 19.4. The van der Waals surface area contributed by atoms with Crippen LogP contribution >= 0.6 is 0 Å². The number of aromatic nitrogens is 2. The van der Waals surface area contributed by atoms with E-state index in [-0.39, 0.29) is 17.3 Å². The highest BCUT2D eigenvalue weighted by Crippen LogP contribution is 2.35. The number of carbonyl (C=O) groups is 2. The summed E-state index contributed by atoms with van der Waals surface area (Å²) >= 11 is 0. The molecule has 1 fully saturated rings. The van der Waals surface area contributed by atoms with Gasteiger partial charge in [-0.05, 0) is 30.5 Å². The SMILES string of the molecule is O=C(O)c1ccc(NC(=O)[C@H](CC2CCCC2)n2ccc(C(F)(F)F)c2)nc1. The Morgan fingerprint density at radius 1 is 1.25 bits per heavy atom. The van der Waals surface area contributed by atoms with Crippen LogP contribution in [-0.2, 0) is 11.0 Å². The molecule has 150 valence electrons. The molecule has 28 heavy (non-hydrogen) atoms. The van der Waals surface area contributed by atoms with E-state index in [1.807, 2.05) is 0 Å². The molecule has 2 aromatic rings. The number of carboxylic acids is 1. The molecule has 6 nitrogen and oxygen atoms in total. The van der Waals surface area contributed by atoms with Crippen molar-refractivity contribution in [3.8, 4) is 0 Å². The number of pyridine rings is 1. The largest absolute Gasteiger partial charge is 0.478 e. The number of nitrogens with one attached hydrogen (secondary N) is 1. The standard InChI is InChI=1S/C19H20F3N3O3/c20-19(21,22)14-7-8-25(11-14)15(9-12-3-1-2-4-12)17(26)24-16-6-5-13(10-23-16)18(27)28/h5-8,10-12,15H,1-4,9H2,(H,27,28)(H,23,24,26)/t15-/m0/s1. The second kappa shape index (κ2) is 8.04. The van der Waals surface area contributed by atoms with Gasteiger partial charge in [0.05, 0.1) is 11.1 Å². The number of carboxylic acid groups (broad SMARTS) is 1. The fraction of sp³-hybridized carbons (Fsp3) is 0.421. The van der Waals surface area contributed by atoms with Gasteiger partial charge < -0.3 is 15.0 Å². The van der Waals surface area contributed by atoms with E-state index in [2.05, 4.69) is 10.3 Å². The van der Waals surface area contributed by atoms with Crippen LogP contribution in [0.25, 0.3) is 0 Å². The molecule has 0 aromatic carbocycles. The molecular formula is C19H20F3N3O3. The van der Waals surface area contributed by atoms with Crippen molar-refractivity contribution in [1.82, 2.24) is 9.55 Å². The van der Waals surface area contributed by atoms with Crippen LogP contribution in [0.3, 0.4) is 0 Å². The molecule has 1 amide bonds. The van der Waals surface area contributed by atoms with Gasteiger partial charge in [0.15, 0.2) is 0 Å². The van der Waals surface area contributed by atoms with Crippen LogP contribution in [-0.4, -0.2) is 26.5 Å². The molecule has 0 spiro atoms. The van der Waals surface area contributed by atoms with E-state index < -0.39 is 29.7 Å². The minimum absolute atomic E-state index is 0.0271. The third-order valence-electron chi connectivity index (χ3n) is 5.00. The van der Waals surface area contributed by atoms with Crippen molar-refractivity contribution in [3.63, 3.8) is 0 Å². The lowest BCUT2D eigenvalue weighted by Gasteiger charge is -2.21. The van der Waals surface area contributed by atoms with E-state index in [1.165, 1.54) is 22.9 Å². The average Bonchev–Trinajstić information content (AvgIpc) is 3.31. The molecule has 0 radical (unpaired) electrons. The monoisotopic (exact) mass is 395 g/mol. The molecule has 0 saturated heterocycles. The lowest BCUT2D eigenvalue weighted by molar-refractivity contribution is -0.137. The van der Waals surface area contributed by atoms with E-state index in [4.69, 9.17) is 5.11 Å². The zero-order valence-electron chi connectivity index (χ0n) is 14.9. The van der Waals surface area contributed by atoms with Gasteiger partial charge in [-0.15, -0.1) is 0 Å². The lowest BCUT2D eigenvalue weighted by Crippen LogP contribution is -2.27. The molecule has 1 saturated carbocycles. The third kappa shape index (κ3) is 4.71. The van der Waals surface area contributed by atoms with Gasteiger partial charge in [-0.3, -0.25) is 4.79 Å². The molecule has 3 rings (SSSR count). The number of alkyl halides is 3. The van der Waals surface area contributed by atoms with Gasteiger partial charge in [0, 0.05) is 18.6 Å². The summed E-state index contributed by atoms with van der Waals surface area (Å²) in [7, 11) is 0. The Hall–Kier alpha value is -2.84. The molecule has 2 aromatic heterocycles. The number of amides is 1. The molecule has 2 heterocycles. The van der Waals surface area contributed by atoms with Crippen LogP contribution < -0.4 is 5.32 Å². The summed E-state index contributed by atoms with van der Waals surface area (Å²) in [5.74, 6) is -1.20. The van der Waals surface area contributed by atoms with Gasteiger partial charge in [-0.1, -0.05) is 25.7 Å². The number of carbonyl (C=O) groups excluding carboxylic acids is 1. The van der Waals surface area contributed by atoms with Crippen LogP contribution in [0.15, 0.2) is 36.8 Å². The number of aromatic carboxylic acids is 1. The third-order valence-corrected chi connectivity index (χ3v) is 5.00. The van der Waals surface area contributed by atoms with Crippen molar-refractivity contribution in [3.05, 3.63) is 47.9 Å². The summed E-state index contributed by atoms with van der Waals surface area (Å²) in [6.07, 6.45) is 3.28. The first kappa shape index (κ1) is 19.9. The molecule has 9 heteroatoms. The molecule has 2 N–H and O–H groups in total. The van der Waals surface area contributed by atoms with Crippen LogP contribution in [0.4, 0.5) is 19.0 Å². The number of hydrogen-bond donors (Lipinski definition) is 2. The smallest absolute Gasteiger partial charge is 0.417 e. The molecule has 0 unspecified atom stereocenters. The van der Waals surface area contributed by atoms with Gasteiger partial charge in [-0.2, -0.15) is 13.2 Å². The van der Waals surface area contributed by atoms with Crippen molar-refractivity contribution < 1.29 is 27.9 Å². The van der Waals surface area contributed by atoms with Crippen molar-refractivity contribution in [1.29, 1.82) is 0 Å². The fourth-order valence-electron chi connectivity index (χ4n) is 3.50. The summed E-state index contributed by atoms with van der Waals surface area (Å²) in [5.41, 5.74) is -0.832. The van der Waals surface area contributed by atoms with Crippen LogP contribution in [0.5, 0.6) is 0 Å². The van der Waals surface area contributed by atoms with Gasteiger partial charge >= 0.3 is 12.1 Å². The quantitative estimate of drug-likeness (QED) is 0.761. The van der Waals surface area contributed by atoms with Crippen molar-refractivity contribution in [2.45, 2.75) is 44.3 Å². The Bertz CT molecular complexity index is 840. The first-order valence-corrected chi connectivity index (χ1v) is 8.99. The lowest BCUT2D eigenvalue weighted by atomic mass is 9.97. The predicted octanol–water partition coefficient (Wildman–Crippen LogP) is 4.36. The van der Waals surface area contributed by atoms with E-state index in [0.717, 1.165) is 44.1 Å². The molecule has 0 bridgehead atoms. The summed E-state index contributed by atoms with van der Waals surface area (Å²) < 4.78 is 40.1. The van der Waals surface area contributed by atoms with Crippen LogP contribution in [0.1, 0.15) is 54.1 Å². The first-order chi connectivity index (χ1) is 13.2. The molecule has 1 aliphatic carbocycles. The Balaban J connectivity index is 1.80. The Labute approximate surface area is 159 Å².